The summed E-state index contributed by atoms with van der Waals surface area (Å²) in [5.74, 6) is -0.143. The molecule has 5 heteroatoms. The van der Waals surface area contributed by atoms with Crippen molar-refractivity contribution < 1.29 is 14.7 Å². The lowest BCUT2D eigenvalue weighted by Crippen LogP contribution is -2.40. The van der Waals surface area contributed by atoms with Crippen LogP contribution < -0.4 is 5.32 Å². The quantitative estimate of drug-likeness (QED) is 0.748. The van der Waals surface area contributed by atoms with E-state index in [0.717, 1.165) is 18.6 Å². The third-order valence-electron chi connectivity index (χ3n) is 3.20. The van der Waals surface area contributed by atoms with E-state index in [1.807, 2.05) is 0 Å². The first-order valence-corrected chi connectivity index (χ1v) is 7.05. The molecule has 2 rings (SSSR count). The Morgan fingerprint density at radius 3 is 2.71 bits per heavy atom. The van der Waals surface area contributed by atoms with Gasteiger partial charge in [-0.2, -0.15) is 0 Å². The minimum absolute atomic E-state index is 0.0565. The standard InChI is InChI=1S/C12H17NO3S/c14-11(10-3-1-2-6-17-10)13-9-5-4-8(7-9)12(15)16/h4-5,8-10H,1-3,6-7H2,(H,13,14)(H,15,16). The van der Waals surface area contributed by atoms with E-state index in [-0.39, 0.29) is 17.2 Å². The van der Waals surface area contributed by atoms with Gasteiger partial charge in [0.2, 0.25) is 5.91 Å². The van der Waals surface area contributed by atoms with Crippen LogP contribution in [0.3, 0.4) is 0 Å². The van der Waals surface area contributed by atoms with E-state index in [1.165, 1.54) is 6.42 Å². The molecule has 2 N–H and O–H groups in total. The summed E-state index contributed by atoms with van der Waals surface area (Å²) in [5.41, 5.74) is 0. The second-order valence-corrected chi connectivity index (χ2v) is 5.85. The van der Waals surface area contributed by atoms with E-state index in [4.69, 9.17) is 5.11 Å². The molecule has 3 atom stereocenters. The van der Waals surface area contributed by atoms with E-state index in [1.54, 1.807) is 23.9 Å². The van der Waals surface area contributed by atoms with Crippen molar-refractivity contribution in [3.05, 3.63) is 12.2 Å². The van der Waals surface area contributed by atoms with Gasteiger partial charge in [0.05, 0.1) is 11.2 Å². The first-order chi connectivity index (χ1) is 8.16. The topological polar surface area (TPSA) is 66.4 Å². The molecule has 4 nitrogen and oxygen atoms in total. The minimum atomic E-state index is -0.815. The number of thioether (sulfide) groups is 1. The van der Waals surface area contributed by atoms with Gasteiger partial charge >= 0.3 is 5.97 Å². The van der Waals surface area contributed by atoms with Gasteiger partial charge in [-0.25, -0.2) is 0 Å². The third kappa shape index (κ3) is 3.25. The number of carbonyl (C=O) groups is 2. The number of rotatable bonds is 3. The van der Waals surface area contributed by atoms with Gasteiger partial charge in [-0.15, -0.1) is 11.8 Å². The molecule has 3 unspecified atom stereocenters. The number of hydrogen-bond acceptors (Lipinski definition) is 3. The number of amides is 1. The number of carboxylic acids is 1. The Labute approximate surface area is 105 Å². The molecule has 0 aromatic heterocycles. The van der Waals surface area contributed by atoms with Gasteiger partial charge in [0.25, 0.3) is 0 Å². The molecule has 0 bridgehead atoms. The van der Waals surface area contributed by atoms with Crippen LogP contribution >= 0.6 is 11.8 Å². The average Bonchev–Trinajstić information content (AvgIpc) is 2.79. The van der Waals surface area contributed by atoms with Crippen molar-refractivity contribution in [3.63, 3.8) is 0 Å². The summed E-state index contributed by atoms with van der Waals surface area (Å²) in [7, 11) is 0. The molecule has 94 valence electrons. The maximum atomic E-state index is 11.9. The van der Waals surface area contributed by atoms with Crippen molar-refractivity contribution in [1.82, 2.24) is 5.32 Å². The fraction of sp³-hybridized carbons (Fsp3) is 0.667. The molecular weight excluding hydrogens is 238 g/mol. The Kier molecular flexibility index (Phi) is 4.10. The number of carbonyl (C=O) groups excluding carboxylic acids is 1. The van der Waals surface area contributed by atoms with Gasteiger partial charge in [0, 0.05) is 6.04 Å². The fourth-order valence-corrected chi connectivity index (χ4v) is 3.42. The van der Waals surface area contributed by atoms with E-state index >= 15 is 0 Å². The largest absolute Gasteiger partial charge is 0.481 e. The number of hydrogen-bond donors (Lipinski definition) is 2. The van der Waals surface area contributed by atoms with E-state index < -0.39 is 11.9 Å². The second kappa shape index (κ2) is 5.58. The lowest BCUT2D eigenvalue weighted by molar-refractivity contribution is -0.140. The van der Waals surface area contributed by atoms with Gasteiger partial charge in [0.15, 0.2) is 0 Å². The molecule has 1 aliphatic carbocycles. The monoisotopic (exact) mass is 255 g/mol. The van der Waals surface area contributed by atoms with Crippen LogP contribution in [0.15, 0.2) is 12.2 Å². The van der Waals surface area contributed by atoms with Crippen LogP contribution in [0.1, 0.15) is 25.7 Å². The lowest BCUT2D eigenvalue weighted by Gasteiger charge is -2.22. The van der Waals surface area contributed by atoms with Crippen LogP contribution in [-0.4, -0.2) is 34.0 Å². The zero-order chi connectivity index (χ0) is 12.3. The van der Waals surface area contributed by atoms with Crippen molar-refractivity contribution in [2.75, 3.05) is 5.75 Å². The van der Waals surface area contributed by atoms with Gasteiger partial charge in [0.1, 0.15) is 0 Å². The van der Waals surface area contributed by atoms with Gasteiger partial charge in [-0.1, -0.05) is 18.6 Å². The summed E-state index contributed by atoms with van der Waals surface area (Å²) in [6.45, 7) is 0. The Hall–Kier alpha value is -0.970. The number of nitrogens with one attached hydrogen (secondary N) is 1. The Morgan fingerprint density at radius 2 is 2.12 bits per heavy atom. The summed E-state index contributed by atoms with van der Waals surface area (Å²) >= 11 is 1.71. The summed E-state index contributed by atoms with van der Waals surface area (Å²) in [6, 6.07) is -0.105. The maximum Gasteiger partial charge on any atom is 0.310 e. The normalized spacial score (nSPS) is 32.4. The predicted octanol–water partition coefficient (Wildman–Crippen LogP) is 1.42. The summed E-state index contributed by atoms with van der Waals surface area (Å²) in [5, 5.41) is 11.8. The zero-order valence-corrected chi connectivity index (χ0v) is 10.4. The molecule has 0 spiro atoms. The highest BCUT2D eigenvalue weighted by Gasteiger charge is 2.28. The molecule has 2 aliphatic rings. The molecule has 1 fully saturated rings. The molecule has 0 saturated carbocycles. The highest BCUT2D eigenvalue weighted by atomic mass is 32.2. The Morgan fingerprint density at radius 1 is 1.29 bits per heavy atom. The predicted molar refractivity (Wildman–Crippen MR) is 66.9 cm³/mol. The van der Waals surface area contributed by atoms with Crippen molar-refractivity contribution in [2.45, 2.75) is 37.0 Å². The highest BCUT2D eigenvalue weighted by Crippen LogP contribution is 2.26. The molecule has 17 heavy (non-hydrogen) atoms. The molecule has 0 radical (unpaired) electrons. The van der Waals surface area contributed by atoms with E-state index in [0.29, 0.717) is 6.42 Å². The molecule has 1 heterocycles. The van der Waals surface area contributed by atoms with Crippen molar-refractivity contribution in [3.8, 4) is 0 Å². The van der Waals surface area contributed by atoms with Gasteiger partial charge < -0.3 is 10.4 Å². The summed E-state index contributed by atoms with van der Waals surface area (Å²) in [6.07, 6.45) is 7.20. The molecule has 1 amide bonds. The smallest absolute Gasteiger partial charge is 0.310 e. The van der Waals surface area contributed by atoms with Crippen LogP contribution in [0.2, 0.25) is 0 Å². The molecule has 1 saturated heterocycles. The van der Waals surface area contributed by atoms with E-state index in [9.17, 15) is 9.59 Å². The second-order valence-electron chi connectivity index (χ2n) is 4.54. The molecular formula is C12H17NO3S. The Balaban J connectivity index is 1.80. The van der Waals surface area contributed by atoms with Gasteiger partial charge in [-0.3, -0.25) is 9.59 Å². The van der Waals surface area contributed by atoms with E-state index in [2.05, 4.69) is 5.32 Å². The number of carboxylic acid groups (broad SMARTS) is 1. The lowest BCUT2D eigenvalue weighted by atomic mass is 10.1. The fourth-order valence-electron chi connectivity index (χ4n) is 2.21. The van der Waals surface area contributed by atoms with Crippen LogP contribution in [0.5, 0.6) is 0 Å². The van der Waals surface area contributed by atoms with Crippen molar-refractivity contribution >= 4 is 23.6 Å². The average molecular weight is 255 g/mol. The van der Waals surface area contributed by atoms with Crippen molar-refractivity contribution in [1.29, 1.82) is 0 Å². The first-order valence-electron chi connectivity index (χ1n) is 6.00. The Bertz CT molecular complexity index is 337. The first kappa shape index (κ1) is 12.5. The van der Waals surface area contributed by atoms with Crippen LogP contribution in [0.25, 0.3) is 0 Å². The maximum absolute atomic E-state index is 11.9. The molecule has 1 aliphatic heterocycles. The van der Waals surface area contributed by atoms with Gasteiger partial charge in [-0.05, 0) is 25.0 Å². The highest BCUT2D eigenvalue weighted by molar-refractivity contribution is 8.00. The summed E-state index contributed by atoms with van der Waals surface area (Å²) < 4.78 is 0. The third-order valence-corrected chi connectivity index (χ3v) is 4.58. The SMILES string of the molecule is O=C(O)C1C=CC(NC(=O)C2CCCCS2)C1. The van der Waals surface area contributed by atoms with Crippen molar-refractivity contribution in [2.24, 2.45) is 5.92 Å². The molecule has 0 aromatic carbocycles. The van der Waals surface area contributed by atoms with Crippen LogP contribution in [-0.2, 0) is 9.59 Å². The molecule has 0 aromatic rings. The minimum Gasteiger partial charge on any atom is -0.481 e. The number of aliphatic carboxylic acids is 1. The summed E-state index contributed by atoms with van der Waals surface area (Å²) in [4.78, 5) is 22.7. The van der Waals surface area contributed by atoms with Crippen LogP contribution in [0, 0.1) is 5.92 Å². The zero-order valence-electron chi connectivity index (χ0n) is 9.59. The van der Waals surface area contributed by atoms with Crippen LogP contribution in [0.4, 0.5) is 0 Å².